The third-order valence-corrected chi connectivity index (χ3v) is 3.54. The van der Waals surface area contributed by atoms with Gasteiger partial charge in [0.25, 0.3) is 0 Å². The summed E-state index contributed by atoms with van der Waals surface area (Å²) in [6.07, 6.45) is 1.03. The number of amides is 1. The van der Waals surface area contributed by atoms with Gasteiger partial charge < -0.3 is 10.0 Å². The van der Waals surface area contributed by atoms with Gasteiger partial charge in [-0.3, -0.25) is 4.79 Å². The van der Waals surface area contributed by atoms with Crippen LogP contribution in [0.25, 0.3) is 0 Å². The summed E-state index contributed by atoms with van der Waals surface area (Å²) in [5.41, 5.74) is 0. The van der Waals surface area contributed by atoms with Crippen LogP contribution in [0.2, 0.25) is 0 Å². The zero-order chi connectivity index (χ0) is 11.4. The number of nitrogens with zero attached hydrogens (tertiary/aromatic N) is 1. The van der Waals surface area contributed by atoms with Crippen LogP contribution in [-0.4, -0.2) is 55.5 Å². The minimum absolute atomic E-state index is 0.157. The molecule has 0 aromatic rings. The molecule has 0 heterocycles. The Hall–Kier alpha value is -0.620. The summed E-state index contributed by atoms with van der Waals surface area (Å²) in [6, 6.07) is 0. The molecule has 0 aliphatic heterocycles. The average Bonchev–Trinajstić information content (AvgIpc) is 2.10. The highest BCUT2D eigenvalue weighted by molar-refractivity contribution is 7.92. The maximum absolute atomic E-state index is 11.5. The molecule has 5 nitrogen and oxygen atoms in total. The molecule has 0 rings (SSSR count). The van der Waals surface area contributed by atoms with Crippen molar-refractivity contribution in [2.24, 2.45) is 0 Å². The molecule has 0 saturated carbocycles. The van der Waals surface area contributed by atoms with Crippen LogP contribution in [0.5, 0.6) is 0 Å². The topological polar surface area (TPSA) is 74.7 Å². The van der Waals surface area contributed by atoms with Gasteiger partial charge in [0.05, 0.1) is 6.61 Å². The highest BCUT2D eigenvalue weighted by atomic mass is 32.2. The summed E-state index contributed by atoms with van der Waals surface area (Å²) in [6.45, 7) is 3.52. The molecule has 0 bridgehead atoms. The fourth-order valence-corrected chi connectivity index (χ4v) is 1.50. The predicted molar refractivity (Wildman–Crippen MR) is 53.6 cm³/mol. The van der Waals surface area contributed by atoms with E-state index in [2.05, 4.69) is 0 Å². The summed E-state index contributed by atoms with van der Waals surface area (Å²) < 4.78 is 22.2. The quantitative estimate of drug-likeness (QED) is 0.666. The number of aliphatic hydroxyl groups excluding tert-OH is 1. The van der Waals surface area contributed by atoms with Gasteiger partial charge in [0.2, 0.25) is 5.91 Å². The van der Waals surface area contributed by atoms with Crippen LogP contribution in [0.15, 0.2) is 0 Å². The van der Waals surface area contributed by atoms with Crippen LogP contribution in [0.4, 0.5) is 0 Å². The molecular weight excluding hydrogens is 206 g/mol. The van der Waals surface area contributed by atoms with Gasteiger partial charge in [-0.25, -0.2) is 8.42 Å². The van der Waals surface area contributed by atoms with E-state index in [1.165, 1.54) is 11.8 Å². The van der Waals surface area contributed by atoms with E-state index in [-0.39, 0.29) is 13.2 Å². The Bertz CT molecular complexity index is 286. The molecule has 0 aromatic carbocycles. The number of rotatable bonds is 5. The van der Waals surface area contributed by atoms with Crippen molar-refractivity contribution in [3.8, 4) is 0 Å². The van der Waals surface area contributed by atoms with E-state index >= 15 is 0 Å². The summed E-state index contributed by atoms with van der Waals surface area (Å²) >= 11 is 0. The van der Waals surface area contributed by atoms with Crippen LogP contribution in [0.1, 0.15) is 13.8 Å². The molecule has 0 fully saturated rings. The minimum Gasteiger partial charge on any atom is -0.395 e. The van der Waals surface area contributed by atoms with Crippen molar-refractivity contribution in [2.45, 2.75) is 19.1 Å². The van der Waals surface area contributed by atoms with Crippen molar-refractivity contribution in [2.75, 3.05) is 26.0 Å². The molecular formula is C8H17NO4S. The molecule has 1 amide bonds. The second kappa shape index (κ2) is 5.31. The Labute approximate surface area is 84.6 Å². The predicted octanol–water partition coefficient (Wildman–Crippen LogP) is -0.740. The minimum atomic E-state index is -3.35. The smallest absolute Gasteiger partial charge is 0.240 e. The van der Waals surface area contributed by atoms with Crippen LogP contribution >= 0.6 is 0 Å². The molecule has 6 heteroatoms. The third kappa shape index (κ3) is 3.63. The van der Waals surface area contributed by atoms with Gasteiger partial charge in [0.1, 0.15) is 5.25 Å². The number of likely N-dealkylation sites (N-methyl/N-ethyl adjacent to an activating group) is 1. The molecule has 84 valence electrons. The summed E-state index contributed by atoms with van der Waals surface area (Å²) in [5, 5.41) is 7.62. The monoisotopic (exact) mass is 223 g/mol. The van der Waals surface area contributed by atoms with E-state index in [0.717, 1.165) is 6.26 Å². The van der Waals surface area contributed by atoms with Crippen LogP contribution in [0.3, 0.4) is 0 Å². The third-order valence-electron chi connectivity index (χ3n) is 2.05. The van der Waals surface area contributed by atoms with E-state index in [9.17, 15) is 13.2 Å². The Kier molecular flexibility index (Phi) is 5.07. The van der Waals surface area contributed by atoms with Gasteiger partial charge in [-0.15, -0.1) is 0 Å². The zero-order valence-corrected chi connectivity index (χ0v) is 9.54. The standard InChI is InChI=1S/C8H17NO4S/c1-4-9(5-6-10)8(11)7(2)14(3,12)13/h7,10H,4-6H2,1-3H3. The lowest BCUT2D eigenvalue weighted by molar-refractivity contribution is -0.130. The lowest BCUT2D eigenvalue weighted by atomic mass is 10.3. The molecule has 0 aromatic heterocycles. The van der Waals surface area contributed by atoms with Crippen LogP contribution in [0, 0.1) is 0 Å². The van der Waals surface area contributed by atoms with Crippen LogP contribution in [-0.2, 0) is 14.6 Å². The van der Waals surface area contributed by atoms with Gasteiger partial charge in [-0.2, -0.15) is 0 Å². The first-order valence-electron chi connectivity index (χ1n) is 4.43. The first kappa shape index (κ1) is 13.4. The Morgan fingerprint density at radius 2 is 2.00 bits per heavy atom. The SMILES string of the molecule is CCN(CCO)C(=O)C(C)S(C)(=O)=O. The number of carbonyl (C=O) groups excluding carboxylic acids is 1. The van der Waals surface area contributed by atoms with E-state index in [0.29, 0.717) is 6.54 Å². The largest absolute Gasteiger partial charge is 0.395 e. The van der Waals surface area contributed by atoms with Crippen molar-refractivity contribution in [3.05, 3.63) is 0 Å². The van der Waals surface area contributed by atoms with Crippen molar-refractivity contribution < 1.29 is 18.3 Å². The van der Waals surface area contributed by atoms with E-state index in [4.69, 9.17) is 5.11 Å². The number of hydrogen-bond donors (Lipinski definition) is 1. The molecule has 0 saturated heterocycles. The van der Waals surface area contributed by atoms with E-state index in [1.807, 2.05) is 0 Å². The van der Waals surface area contributed by atoms with Gasteiger partial charge >= 0.3 is 0 Å². The zero-order valence-electron chi connectivity index (χ0n) is 8.73. The average molecular weight is 223 g/mol. The lowest BCUT2D eigenvalue weighted by Crippen LogP contribution is -2.42. The summed E-state index contributed by atoms with van der Waals surface area (Å²) in [7, 11) is -3.35. The number of aliphatic hydroxyl groups is 1. The van der Waals surface area contributed by atoms with Crippen molar-refractivity contribution >= 4 is 15.7 Å². The fraction of sp³-hybridized carbons (Fsp3) is 0.875. The summed E-state index contributed by atoms with van der Waals surface area (Å²) in [5.74, 6) is -0.455. The highest BCUT2D eigenvalue weighted by Gasteiger charge is 2.27. The molecule has 1 atom stereocenters. The van der Waals surface area contributed by atoms with Gasteiger partial charge in [0.15, 0.2) is 9.84 Å². The van der Waals surface area contributed by atoms with Crippen molar-refractivity contribution in [1.29, 1.82) is 0 Å². The number of carbonyl (C=O) groups is 1. The maximum atomic E-state index is 11.5. The van der Waals surface area contributed by atoms with E-state index in [1.54, 1.807) is 6.92 Å². The highest BCUT2D eigenvalue weighted by Crippen LogP contribution is 2.03. The molecule has 0 aliphatic carbocycles. The fourth-order valence-electron chi connectivity index (χ4n) is 0.985. The molecule has 1 unspecified atom stereocenters. The first-order valence-corrected chi connectivity index (χ1v) is 6.38. The van der Waals surface area contributed by atoms with Crippen LogP contribution < -0.4 is 0 Å². The Morgan fingerprint density at radius 3 is 2.29 bits per heavy atom. The van der Waals surface area contributed by atoms with Gasteiger partial charge in [0, 0.05) is 19.3 Å². The second-order valence-corrected chi connectivity index (χ2v) is 5.48. The second-order valence-electron chi connectivity index (χ2n) is 3.11. The lowest BCUT2D eigenvalue weighted by Gasteiger charge is -2.22. The molecule has 0 spiro atoms. The molecule has 1 N–H and O–H groups in total. The molecule has 0 radical (unpaired) electrons. The number of sulfone groups is 1. The Morgan fingerprint density at radius 1 is 1.50 bits per heavy atom. The molecule has 0 aliphatic rings. The maximum Gasteiger partial charge on any atom is 0.240 e. The normalized spacial score (nSPS) is 13.7. The first-order chi connectivity index (χ1) is 6.34. The van der Waals surface area contributed by atoms with E-state index < -0.39 is 21.0 Å². The van der Waals surface area contributed by atoms with Gasteiger partial charge in [-0.05, 0) is 13.8 Å². The number of hydrogen-bond acceptors (Lipinski definition) is 4. The van der Waals surface area contributed by atoms with Crippen molar-refractivity contribution in [3.63, 3.8) is 0 Å². The van der Waals surface area contributed by atoms with Crippen molar-refractivity contribution in [1.82, 2.24) is 4.90 Å². The molecule has 14 heavy (non-hydrogen) atoms. The Balaban J connectivity index is 4.59. The summed E-state index contributed by atoms with van der Waals surface area (Å²) in [4.78, 5) is 12.9. The van der Waals surface area contributed by atoms with Gasteiger partial charge in [-0.1, -0.05) is 0 Å².